The number of sulfonamides is 1. The minimum absolute atomic E-state index is 0.0503. The molecule has 242 valence electrons. The van der Waals surface area contributed by atoms with Crippen LogP contribution in [0.5, 0.6) is 5.75 Å². The van der Waals surface area contributed by atoms with Crippen molar-refractivity contribution in [2.45, 2.75) is 64.1 Å². The summed E-state index contributed by atoms with van der Waals surface area (Å²) in [6, 6.07) is 29.4. The van der Waals surface area contributed by atoms with Crippen LogP contribution >= 0.6 is 0 Å². The van der Waals surface area contributed by atoms with Crippen molar-refractivity contribution in [3.8, 4) is 5.75 Å². The van der Waals surface area contributed by atoms with E-state index in [1.807, 2.05) is 82.3 Å². The summed E-state index contributed by atoms with van der Waals surface area (Å²) < 4.78 is 34.9. The van der Waals surface area contributed by atoms with Crippen LogP contribution in [-0.2, 0) is 32.6 Å². The largest absolute Gasteiger partial charge is 0.497 e. The monoisotopic (exact) mass is 641 g/mol. The molecule has 0 radical (unpaired) electrons. The standard InChI is InChI=1S/C37H43N3O5S/c1-6-29(4)38-37(42)35(23-30-13-8-7-9-14-30)39(25-31-15-10-12-28(3)22-31)36(41)26-40(32-16-11-17-33(24-32)45-5)46(43,44)34-20-18-27(2)19-21-34/h7-22,24,29,35H,6,23,25-26H2,1-5H3,(H,38,42)/t29-,35-/m1/s1. The number of benzene rings is 4. The van der Waals surface area contributed by atoms with Crippen LogP contribution < -0.4 is 14.4 Å². The number of carbonyl (C=O) groups is 2. The lowest BCUT2D eigenvalue weighted by Gasteiger charge is -2.34. The number of amides is 2. The predicted octanol–water partition coefficient (Wildman–Crippen LogP) is 6.06. The summed E-state index contributed by atoms with van der Waals surface area (Å²) in [6.45, 7) is 7.32. The molecule has 0 fully saturated rings. The van der Waals surface area contributed by atoms with E-state index in [1.165, 1.54) is 24.1 Å². The zero-order chi connectivity index (χ0) is 33.3. The van der Waals surface area contributed by atoms with Gasteiger partial charge in [-0.05, 0) is 62.6 Å². The third kappa shape index (κ3) is 8.75. The van der Waals surface area contributed by atoms with E-state index in [0.29, 0.717) is 12.2 Å². The quantitative estimate of drug-likeness (QED) is 0.181. The molecular weight excluding hydrogens is 598 g/mol. The van der Waals surface area contributed by atoms with E-state index in [-0.39, 0.29) is 35.5 Å². The molecule has 0 aromatic heterocycles. The van der Waals surface area contributed by atoms with E-state index < -0.39 is 28.5 Å². The third-order valence-electron chi connectivity index (χ3n) is 7.94. The molecule has 0 saturated heterocycles. The van der Waals surface area contributed by atoms with Gasteiger partial charge >= 0.3 is 0 Å². The Morgan fingerprint density at radius 3 is 2.15 bits per heavy atom. The van der Waals surface area contributed by atoms with Gasteiger partial charge in [-0.15, -0.1) is 0 Å². The molecule has 0 aliphatic rings. The van der Waals surface area contributed by atoms with Gasteiger partial charge in [0, 0.05) is 25.1 Å². The first-order valence-corrected chi connectivity index (χ1v) is 16.9. The fraction of sp³-hybridized carbons (Fsp3) is 0.297. The van der Waals surface area contributed by atoms with E-state index in [4.69, 9.17) is 4.74 Å². The van der Waals surface area contributed by atoms with Gasteiger partial charge in [0.1, 0.15) is 18.3 Å². The molecule has 2 atom stereocenters. The topological polar surface area (TPSA) is 96.0 Å². The van der Waals surface area contributed by atoms with Gasteiger partial charge in [-0.3, -0.25) is 13.9 Å². The summed E-state index contributed by atoms with van der Waals surface area (Å²) in [4.78, 5) is 30.1. The van der Waals surface area contributed by atoms with E-state index in [1.54, 1.807) is 36.4 Å². The summed E-state index contributed by atoms with van der Waals surface area (Å²) in [5.41, 5.74) is 3.90. The van der Waals surface area contributed by atoms with Crippen molar-refractivity contribution >= 4 is 27.5 Å². The number of nitrogens with one attached hydrogen (secondary N) is 1. The Hall–Kier alpha value is -4.63. The highest BCUT2D eigenvalue weighted by Gasteiger charge is 2.35. The molecular formula is C37H43N3O5S. The molecule has 4 aromatic rings. The van der Waals surface area contributed by atoms with Gasteiger partial charge in [-0.2, -0.15) is 0 Å². The predicted molar refractivity (Wildman–Crippen MR) is 182 cm³/mol. The number of anilines is 1. The maximum absolute atomic E-state index is 14.6. The summed E-state index contributed by atoms with van der Waals surface area (Å²) in [5.74, 6) is -0.366. The van der Waals surface area contributed by atoms with Crippen molar-refractivity contribution in [1.82, 2.24) is 10.2 Å². The van der Waals surface area contributed by atoms with Gasteiger partial charge in [-0.25, -0.2) is 8.42 Å². The summed E-state index contributed by atoms with van der Waals surface area (Å²) in [7, 11) is -2.71. The Balaban J connectivity index is 1.82. The molecule has 0 aliphatic heterocycles. The second-order valence-corrected chi connectivity index (χ2v) is 13.4. The molecule has 9 heteroatoms. The Morgan fingerprint density at radius 2 is 1.50 bits per heavy atom. The van der Waals surface area contributed by atoms with Crippen LogP contribution in [0.2, 0.25) is 0 Å². The minimum atomic E-state index is -4.20. The molecule has 4 rings (SSSR count). The van der Waals surface area contributed by atoms with Crippen molar-refractivity contribution in [3.63, 3.8) is 0 Å². The first-order valence-electron chi connectivity index (χ1n) is 15.4. The highest BCUT2D eigenvalue weighted by Crippen LogP contribution is 2.28. The molecule has 0 aliphatic carbocycles. The van der Waals surface area contributed by atoms with Crippen LogP contribution in [0.15, 0.2) is 108 Å². The zero-order valence-corrected chi connectivity index (χ0v) is 28.0. The highest BCUT2D eigenvalue weighted by atomic mass is 32.2. The molecule has 0 saturated carbocycles. The van der Waals surface area contributed by atoms with Crippen LogP contribution in [0.4, 0.5) is 5.69 Å². The molecule has 0 spiro atoms. The lowest BCUT2D eigenvalue weighted by atomic mass is 10.0. The number of aryl methyl sites for hydroxylation is 2. The molecule has 8 nitrogen and oxygen atoms in total. The van der Waals surface area contributed by atoms with Crippen molar-refractivity contribution < 1.29 is 22.7 Å². The van der Waals surface area contributed by atoms with E-state index in [0.717, 1.165) is 26.6 Å². The average molecular weight is 642 g/mol. The highest BCUT2D eigenvalue weighted by molar-refractivity contribution is 7.92. The maximum atomic E-state index is 14.6. The molecule has 0 heterocycles. The number of nitrogens with zero attached hydrogens (tertiary/aromatic N) is 2. The number of rotatable bonds is 14. The van der Waals surface area contributed by atoms with Gasteiger partial charge in [0.05, 0.1) is 17.7 Å². The Kier molecular flexibility index (Phi) is 11.6. The Labute approximate surface area is 273 Å². The van der Waals surface area contributed by atoms with Crippen LogP contribution in [0, 0.1) is 13.8 Å². The van der Waals surface area contributed by atoms with Gasteiger partial charge in [0.25, 0.3) is 10.0 Å². The lowest BCUT2D eigenvalue weighted by molar-refractivity contribution is -0.140. The SMILES string of the molecule is CC[C@@H](C)NC(=O)[C@@H](Cc1ccccc1)N(Cc1cccc(C)c1)C(=O)CN(c1cccc(OC)c1)S(=O)(=O)c1ccc(C)cc1. The Bertz CT molecular complexity index is 1730. The fourth-order valence-electron chi connectivity index (χ4n) is 5.13. The van der Waals surface area contributed by atoms with Crippen LogP contribution in [0.3, 0.4) is 0 Å². The van der Waals surface area contributed by atoms with E-state index in [9.17, 15) is 18.0 Å². The number of hydrogen-bond acceptors (Lipinski definition) is 5. The molecule has 46 heavy (non-hydrogen) atoms. The maximum Gasteiger partial charge on any atom is 0.264 e. The van der Waals surface area contributed by atoms with E-state index in [2.05, 4.69) is 5.32 Å². The van der Waals surface area contributed by atoms with Gasteiger partial charge < -0.3 is 15.0 Å². The van der Waals surface area contributed by atoms with Gasteiger partial charge in [0.15, 0.2) is 0 Å². The van der Waals surface area contributed by atoms with Crippen molar-refractivity contribution in [3.05, 3.63) is 125 Å². The van der Waals surface area contributed by atoms with Crippen LogP contribution in [0.1, 0.15) is 42.5 Å². The number of methoxy groups -OCH3 is 1. The molecule has 0 bridgehead atoms. The van der Waals surface area contributed by atoms with Gasteiger partial charge in [-0.1, -0.05) is 90.8 Å². The molecule has 1 N–H and O–H groups in total. The van der Waals surface area contributed by atoms with Crippen LogP contribution in [-0.4, -0.2) is 50.9 Å². The fourth-order valence-corrected chi connectivity index (χ4v) is 6.54. The first kappa shape index (κ1) is 34.2. The number of ether oxygens (including phenoxy) is 1. The summed E-state index contributed by atoms with van der Waals surface area (Å²) in [5, 5.41) is 3.06. The van der Waals surface area contributed by atoms with Crippen molar-refractivity contribution in [2.24, 2.45) is 0 Å². The summed E-state index contributed by atoms with van der Waals surface area (Å²) >= 11 is 0. The van der Waals surface area contributed by atoms with E-state index >= 15 is 0 Å². The first-order chi connectivity index (χ1) is 22.0. The van der Waals surface area contributed by atoms with Crippen molar-refractivity contribution in [1.29, 1.82) is 0 Å². The van der Waals surface area contributed by atoms with Crippen molar-refractivity contribution in [2.75, 3.05) is 18.0 Å². The molecule has 4 aromatic carbocycles. The number of carbonyl (C=O) groups excluding carboxylic acids is 2. The number of hydrogen-bond donors (Lipinski definition) is 1. The third-order valence-corrected chi connectivity index (χ3v) is 9.72. The average Bonchev–Trinajstić information content (AvgIpc) is 3.05. The second kappa shape index (κ2) is 15.6. The lowest BCUT2D eigenvalue weighted by Crippen LogP contribution is -2.54. The van der Waals surface area contributed by atoms with Crippen LogP contribution in [0.25, 0.3) is 0 Å². The Morgan fingerprint density at radius 1 is 0.826 bits per heavy atom. The second-order valence-electron chi connectivity index (χ2n) is 11.6. The zero-order valence-electron chi connectivity index (χ0n) is 27.1. The summed E-state index contributed by atoms with van der Waals surface area (Å²) in [6.07, 6.45) is 0.971. The normalized spacial score (nSPS) is 12.5. The minimum Gasteiger partial charge on any atom is -0.497 e. The molecule has 2 amide bonds. The smallest absolute Gasteiger partial charge is 0.264 e. The molecule has 0 unspecified atom stereocenters. The van der Waals surface area contributed by atoms with Gasteiger partial charge in [0.2, 0.25) is 11.8 Å².